The molecule has 0 saturated carbocycles. The molecule has 5 heteroatoms. The molecule has 0 bridgehead atoms. The quantitative estimate of drug-likeness (QED) is 0.934. The molecule has 2 aromatic rings. The van der Waals surface area contributed by atoms with Crippen LogP contribution in [0.3, 0.4) is 0 Å². The van der Waals surface area contributed by atoms with Gasteiger partial charge < -0.3 is 4.90 Å². The number of hydroxylamine groups is 2. The van der Waals surface area contributed by atoms with Crippen LogP contribution in [0.5, 0.6) is 0 Å². The molecule has 3 rings (SSSR count). The second-order valence-electron chi connectivity index (χ2n) is 6.93. The van der Waals surface area contributed by atoms with Gasteiger partial charge in [0.15, 0.2) is 0 Å². The van der Waals surface area contributed by atoms with Crippen LogP contribution in [0.15, 0.2) is 48.5 Å². The number of hydrogen-bond acceptors (Lipinski definition) is 4. The molecule has 2 aromatic carbocycles. The average molecular weight is 339 g/mol. The number of nitrogens with one attached hydrogen (secondary N) is 1. The first-order valence-electron chi connectivity index (χ1n) is 8.41. The van der Waals surface area contributed by atoms with E-state index in [-0.39, 0.29) is 11.4 Å². The Bertz CT molecular complexity index is 748. The Labute approximate surface area is 149 Å². The first kappa shape index (κ1) is 17.6. The van der Waals surface area contributed by atoms with Crippen molar-refractivity contribution in [2.45, 2.75) is 12.5 Å². The summed E-state index contributed by atoms with van der Waals surface area (Å²) in [6.45, 7) is 3.42. The Balaban J connectivity index is 1.85. The molecule has 1 saturated heterocycles. The predicted octanol–water partition coefficient (Wildman–Crippen LogP) is 2.69. The van der Waals surface area contributed by atoms with Gasteiger partial charge in [-0.15, -0.1) is 0 Å². The summed E-state index contributed by atoms with van der Waals surface area (Å²) in [5, 5.41) is 5.33. The Kier molecular flexibility index (Phi) is 4.90. The molecule has 132 valence electrons. The second-order valence-corrected chi connectivity index (χ2v) is 6.93. The molecule has 1 N–H and O–H groups in total. The van der Waals surface area contributed by atoms with Crippen molar-refractivity contribution < 1.29 is 9.63 Å². The van der Waals surface area contributed by atoms with E-state index in [2.05, 4.69) is 36.5 Å². The minimum Gasteiger partial charge on any atom is -0.345 e. The van der Waals surface area contributed by atoms with Crippen LogP contribution >= 0.6 is 0 Å². The van der Waals surface area contributed by atoms with Gasteiger partial charge in [-0.25, -0.2) is 0 Å². The maximum absolute atomic E-state index is 12.0. The normalized spacial score (nSPS) is 21.1. The van der Waals surface area contributed by atoms with E-state index in [4.69, 9.17) is 4.84 Å². The van der Waals surface area contributed by atoms with Crippen molar-refractivity contribution in [3.63, 3.8) is 0 Å². The van der Waals surface area contributed by atoms with Crippen LogP contribution < -0.4 is 5.32 Å². The summed E-state index contributed by atoms with van der Waals surface area (Å²) in [5.41, 5.74) is 3.88. The van der Waals surface area contributed by atoms with E-state index in [0.29, 0.717) is 18.8 Å². The minimum absolute atomic E-state index is 0.0143. The molecule has 1 fully saturated rings. The Morgan fingerprint density at radius 3 is 2.48 bits per heavy atom. The van der Waals surface area contributed by atoms with Crippen LogP contribution in [0.4, 0.5) is 0 Å². The smallest absolute Gasteiger partial charge is 0.253 e. The summed E-state index contributed by atoms with van der Waals surface area (Å²) in [5.74, 6) is 0.0143. The van der Waals surface area contributed by atoms with Gasteiger partial charge in [-0.2, -0.15) is 5.06 Å². The Morgan fingerprint density at radius 2 is 1.88 bits per heavy atom. The van der Waals surface area contributed by atoms with Crippen molar-refractivity contribution in [1.29, 1.82) is 0 Å². The monoisotopic (exact) mass is 339 g/mol. The first-order valence-corrected chi connectivity index (χ1v) is 8.41. The first-order chi connectivity index (χ1) is 11.9. The topological polar surface area (TPSA) is 44.8 Å². The zero-order valence-corrected chi connectivity index (χ0v) is 15.2. The highest BCUT2D eigenvalue weighted by molar-refractivity contribution is 5.94. The predicted molar refractivity (Wildman–Crippen MR) is 99.0 cm³/mol. The molecule has 0 radical (unpaired) electrons. The second kappa shape index (κ2) is 6.96. The summed E-state index contributed by atoms with van der Waals surface area (Å²) >= 11 is 0. The third-order valence-electron chi connectivity index (χ3n) is 4.64. The van der Waals surface area contributed by atoms with Crippen molar-refractivity contribution in [2.24, 2.45) is 0 Å². The maximum atomic E-state index is 12.0. The summed E-state index contributed by atoms with van der Waals surface area (Å²) in [6, 6.07) is 16.2. The summed E-state index contributed by atoms with van der Waals surface area (Å²) < 4.78 is 0. The average Bonchev–Trinajstić information content (AvgIpc) is 2.64. The van der Waals surface area contributed by atoms with Gasteiger partial charge in [0.05, 0.1) is 18.8 Å². The lowest BCUT2D eigenvalue weighted by Crippen LogP contribution is -2.54. The highest BCUT2D eigenvalue weighted by Crippen LogP contribution is 2.28. The fourth-order valence-corrected chi connectivity index (χ4v) is 2.91. The minimum atomic E-state index is -0.219. The van der Waals surface area contributed by atoms with Crippen LogP contribution in [0.2, 0.25) is 0 Å². The van der Waals surface area contributed by atoms with E-state index < -0.39 is 0 Å². The van der Waals surface area contributed by atoms with Gasteiger partial charge in [-0.3, -0.25) is 14.9 Å². The number of benzene rings is 2. The Hall–Kier alpha value is -2.21. The van der Waals surface area contributed by atoms with Gasteiger partial charge in [-0.05, 0) is 41.8 Å². The molecule has 1 heterocycles. The van der Waals surface area contributed by atoms with Crippen molar-refractivity contribution >= 4 is 5.91 Å². The molecule has 0 aliphatic carbocycles. The van der Waals surface area contributed by atoms with E-state index in [9.17, 15) is 4.79 Å². The van der Waals surface area contributed by atoms with E-state index in [1.54, 1.807) is 24.1 Å². The third kappa shape index (κ3) is 3.74. The molecule has 0 aromatic heterocycles. The molecule has 1 aliphatic rings. The number of nitrogens with zero attached hydrogens (tertiary/aromatic N) is 2. The van der Waals surface area contributed by atoms with Gasteiger partial charge in [0.1, 0.15) is 0 Å². The van der Waals surface area contributed by atoms with Gasteiger partial charge >= 0.3 is 0 Å². The highest BCUT2D eigenvalue weighted by atomic mass is 16.7. The third-order valence-corrected chi connectivity index (χ3v) is 4.64. The standard InChI is InChI=1S/C20H25N3O2/c1-20(13-25-23(4)14-21-20)18-7-5-6-17(12-18)15-8-10-16(11-9-15)19(24)22(2)3/h5-12,21H,13-14H2,1-4H3. The molecule has 0 spiro atoms. The molecule has 25 heavy (non-hydrogen) atoms. The van der Waals surface area contributed by atoms with Crippen molar-refractivity contribution in [1.82, 2.24) is 15.3 Å². The van der Waals surface area contributed by atoms with Crippen LogP contribution in [0.1, 0.15) is 22.8 Å². The zero-order chi connectivity index (χ0) is 18.0. The Morgan fingerprint density at radius 1 is 1.16 bits per heavy atom. The summed E-state index contributed by atoms with van der Waals surface area (Å²) in [6.07, 6.45) is 0. The largest absolute Gasteiger partial charge is 0.345 e. The lowest BCUT2D eigenvalue weighted by atomic mass is 9.90. The molecular weight excluding hydrogens is 314 g/mol. The van der Waals surface area contributed by atoms with E-state index in [1.165, 1.54) is 5.56 Å². The van der Waals surface area contributed by atoms with Gasteiger partial charge in [-0.1, -0.05) is 30.3 Å². The fraction of sp³-hybridized carbons (Fsp3) is 0.350. The number of hydrogen-bond donors (Lipinski definition) is 1. The molecule has 1 unspecified atom stereocenters. The van der Waals surface area contributed by atoms with Gasteiger partial charge in [0.25, 0.3) is 5.91 Å². The number of rotatable bonds is 3. The van der Waals surface area contributed by atoms with Crippen LogP contribution in [0, 0.1) is 0 Å². The summed E-state index contributed by atoms with van der Waals surface area (Å²) in [4.78, 5) is 19.3. The van der Waals surface area contributed by atoms with E-state index in [1.807, 2.05) is 31.3 Å². The van der Waals surface area contributed by atoms with Crippen molar-refractivity contribution in [2.75, 3.05) is 34.4 Å². The van der Waals surface area contributed by atoms with Gasteiger partial charge in [0, 0.05) is 26.7 Å². The fourth-order valence-electron chi connectivity index (χ4n) is 2.91. The van der Waals surface area contributed by atoms with Gasteiger partial charge in [0.2, 0.25) is 0 Å². The van der Waals surface area contributed by atoms with E-state index >= 15 is 0 Å². The number of carbonyl (C=O) groups is 1. The SMILES string of the molecule is CN1CNC(C)(c2cccc(-c3ccc(C(=O)N(C)C)cc3)c2)CO1. The molecule has 1 amide bonds. The zero-order valence-electron chi connectivity index (χ0n) is 15.2. The van der Waals surface area contributed by atoms with Crippen molar-refractivity contribution in [3.05, 3.63) is 59.7 Å². The highest BCUT2D eigenvalue weighted by Gasteiger charge is 2.31. The van der Waals surface area contributed by atoms with Crippen molar-refractivity contribution in [3.8, 4) is 11.1 Å². The maximum Gasteiger partial charge on any atom is 0.253 e. The number of amides is 1. The van der Waals surface area contributed by atoms with Crippen LogP contribution in [-0.2, 0) is 10.4 Å². The molecular formula is C20H25N3O2. The summed E-state index contributed by atoms with van der Waals surface area (Å²) in [7, 11) is 5.44. The molecule has 5 nitrogen and oxygen atoms in total. The lowest BCUT2D eigenvalue weighted by Gasteiger charge is -2.39. The number of carbonyl (C=O) groups excluding carboxylic acids is 1. The molecule has 1 aliphatic heterocycles. The van der Waals surface area contributed by atoms with Crippen LogP contribution in [0.25, 0.3) is 11.1 Å². The lowest BCUT2D eigenvalue weighted by molar-refractivity contribution is -0.196. The molecule has 1 atom stereocenters. The van der Waals surface area contributed by atoms with E-state index in [0.717, 1.165) is 11.1 Å². The van der Waals surface area contributed by atoms with Crippen LogP contribution in [-0.4, -0.2) is 50.3 Å².